The van der Waals surface area contributed by atoms with Crippen LogP contribution in [0.2, 0.25) is 0 Å². The van der Waals surface area contributed by atoms with Crippen molar-refractivity contribution in [2.24, 2.45) is 0 Å². The summed E-state index contributed by atoms with van der Waals surface area (Å²) in [6.07, 6.45) is 2.97. The molecule has 0 spiro atoms. The summed E-state index contributed by atoms with van der Waals surface area (Å²) >= 11 is 0. The summed E-state index contributed by atoms with van der Waals surface area (Å²) in [5.74, 6) is 1.10. The molecule has 1 unspecified atom stereocenters. The lowest BCUT2D eigenvalue weighted by atomic mass is 9.82. The van der Waals surface area contributed by atoms with Crippen molar-refractivity contribution in [2.45, 2.75) is 25.7 Å². The average molecular weight is 332 g/mol. The zero-order chi connectivity index (χ0) is 17.4. The van der Waals surface area contributed by atoms with Crippen molar-refractivity contribution < 1.29 is 9.53 Å². The van der Waals surface area contributed by atoms with Gasteiger partial charge < -0.3 is 4.74 Å². The van der Waals surface area contributed by atoms with Gasteiger partial charge in [-0.15, -0.1) is 0 Å². The molecule has 0 saturated heterocycles. The van der Waals surface area contributed by atoms with Gasteiger partial charge in [-0.1, -0.05) is 35.9 Å². The van der Waals surface area contributed by atoms with Gasteiger partial charge in [-0.25, -0.2) is 4.68 Å². The molecular formula is C21H20N2O2. The Morgan fingerprint density at radius 3 is 2.60 bits per heavy atom. The van der Waals surface area contributed by atoms with Gasteiger partial charge in [-0.05, 0) is 37.1 Å². The molecule has 0 aliphatic heterocycles. The Bertz CT molecular complexity index is 925. The van der Waals surface area contributed by atoms with Crippen LogP contribution in [0, 0.1) is 6.92 Å². The highest BCUT2D eigenvalue weighted by atomic mass is 16.5. The number of aromatic nitrogens is 2. The Morgan fingerprint density at radius 1 is 1.08 bits per heavy atom. The van der Waals surface area contributed by atoms with Gasteiger partial charge in [0, 0.05) is 12.3 Å². The minimum absolute atomic E-state index is 0.108. The fourth-order valence-corrected chi connectivity index (χ4v) is 3.57. The molecule has 1 aliphatic rings. The quantitative estimate of drug-likeness (QED) is 0.725. The molecule has 0 saturated carbocycles. The SMILES string of the molecule is COc1ccccc1C1CC(=O)c2cnn(-c3ccc(C)cc3)c2C1. The number of aryl methyl sites for hydroxylation is 1. The lowest BCUT2D eigenvalue weighted by Gasteiger charge is -2.24. The number of ether oxygens (including phenoxy) is 1. The standard InChI is InChI=1S/C21H20N2O2/c1-14-7-9-16(10-8-14)23-19-11-15(12-20(24)18(19)13-22-23)17-5-3-4-6-21(17)25-2/h3-10,13,15H,11-12H2,1-2H3. The number of methoxy groups -OCH3 is 1. The van der Waals surface area contributed by atoms with Crippen LogP contribution in [-0.2, 0) is 6.42 Å². The van der Waals surface area contributed by atoms with E-state index in [0.29, 0.717) is 6.42 Å². The number of fused-ring (bicyclic) bond motifs is 1. The second-order valence-corrected chi connectivity index (χ2v) is 6.52. The van der Waals surface area contributed by atoms with E-state index in [1.165, 1.54) is 5.56 Å². The maximum absolute atomic E-state index is 12.7. The molecule has 0 N–H and O–H groups in total. The fourth-order valence-electron chi connectivity index (χ4n) is 3.57. The molecule has 0 radical (unpaired) electrons. The number of carbonyl (C=O) groups excluding carboxylic acids is 1. The van der Waals surface area contributed by atoms with E-state index in [-0.39, 0.29) is 11.7 Å². The first kappa shape index (κ1) is 15.6. The number of carbonyl (C=O) groups is 1. The van der Waals surface area contributed by atoms with Crippen LogP contribution in [0.1, 0.15) is 39.5 Å². The highest BCUT2D eigenvalue weighted by Crippen LogP contribution is 2.37. The van der Waals surface area contributed by atoms with Crippen molar-refractivity contribution in [3.8, 4) is 11.4 Å². The topological polar surface area (TPSA) is 44.1 Å². The molecule has 126 valence electrons. The highest BCUT2D eigenvalue weighted by Gasteiger charge is 2.31. The molecule has 0 amide bonds. The number of hydrogen-bond acceptors (Lipinski definition) is 3. The van der Waals surface area contributed by atoms with E-state index in [9.17, 15) is 4.79 Å². The van der Waals surface area contributed by atoms with Gasteiger partial charge in [0.05, 0.1) is 30.3 Å². The second kappa shape index (κ2) is 6.20. The molecule has 0 fully saturated rings. The monoisotopic (exact) mass is 332 g/mol. The molecule has 1 aromatic heterocycles. The molecule has 4 rings (SSSR count). The molecular weight excluding hydrogens is 312 g/mol. The molecule has 2 aromatic carbocycles. The van der Waals surface area contributed by atoms with Crippen molar-refractivity contribution in [1.82, 2.24) is 9.78 Å². The van der Waals surface area contributed by atoms with E-state index in [4.69, 9.17) is 4.74 Å². The summed E-state index contributed by atoms with van der Waals surface area (Å²) in [7, 11) is 1.67. The largest absolute Gasteiger partial charge is 0.496 e. The maximum atomic E-state index is 12.7. The van der Waals surface area contributed by atoms with E-state index in [0.717, 1.165) is 34.7 Å². The second-order valence-electron chi connectivity index (χ2n) is 6.52. The van der Waals surface area contributed by atoms with Gasteiger partial charge in [0.2, 0.25) is 0 Å². The van der Waals surface area contributed by atoms with Crippen LogP contribution < -0.4 is 4.74 Å². The van der Waals surface area contributed by atoms with E-state index in [1.54, 1.807) is 13.3 Å². The number of nitrogens with zero attached hydrogens (tertiary/aromatic N) is 2. The molecule has 1 heterocycles. The highest BCUT2D eigenvalue weighted by molar-refractivity contribution is 5.98. The number of benzene rings is 2. The number of para-hydroxylation sites is 1. The lowest BCUT2D eigenvalue weighted by Crippen LogP contribution is -2.20. The third-order valence-corrected chi connectivity index (χ3v) is 4.90. The number of rotatable bonds is 3. The first-order valence-corrected chi connectivity index (χ1v) is 8.47. The zero-order valence-corrected chi connectivity index (χ0v) is 14.4. The third-order valence-electron chi connectivity index (χ3n) is 4.90. The van der Waals surface area contributed by atoms with Crippen LogP contribution in [0.5, 0.6) is 5.75 Å². The minimum Gasteiger partial charge on any atom is -0.496 e. The molecule has 0 bridgehead atoms. The molecule has 1 atom stereocenters. The maximum Gasteiger partial charge on any atom is 0.166 e. The van der Waals surface area contributed by atoms with Crippen LogP contribution >= 0.6 is 0 Å². The van der Waals surface area contributed by atoms with Gasteiger partial charge in [0.15, 0.2) is 5.78 Å². The van der Waals surface area contributed by atoms with Gasteiger partial charge >= 0.3 is 0 Å². The van der Waals surface area contributed by atoms with E-state index >= 15 is 0 Å². The summed E-state index contributed by atoms with van der Waals surface area (Å²) in [6.45, 7) is 2.06. The number of ketones is 1. The van der Waals surface area contributed by atoms with Crippen LogP contribution in [0.3, 0.4) is 0 Å². The van der Waals surface area contributed by atoms with Gasteiger partial charge in [0.25, 0.3) is 0 Å². The number of Topliss-reactive ketones (excluding diaryl/α,β-unsaturated/α-hetero) is 1. The molecule has 25 heavy (non-hydrogen) atoms. The third kappa shape index (κ3) is 2.74. The van der Waals surface area contributed by atoms with Crippen molar-refractivity contribution in [3.05, 3.63) is 77.1 Å². The van der Waals surface area contributed by atoms with Crippen LogP contribution in [0.4, 0.5) is 0 Å². The van der Waals surface area contributed by atoms with Gasteiger partial charge in [0.1, 0.15) is 5.75 Å². The minimum atomic E-state index is 0.108. The van der Waals surface area contributed by atoms with Crippen molar-refractivity contribution in [2.75, 3.05) is 7.11 Å². The fraction of sp³-hybridized carbons (Fsp3) is 0.238. The summed E-state index contributed by atoms with van der Waals surface area (Å²) in [4.78, 5) is 12.7. The normalized spacial score (nSPS) is 16.6. The van der Waals surface area contributed by atoms with Crippen LogP contribution in [0.25, 0.3) is 5.69 Å². The van der Waals surface area contributed by atoms with E-state index in [2.05, 4.69) is 24.2 Å². The predicted octanol–water partition coefficient (Wildman–Crippen LogP) is 4.10. The Morgan fingerprint density at radius 2 is 1.84 bits per heavy atom. The predicted molar refractivity (Wildman–Crippen MR) is 96.7 cm³/mol. The summed E-state index contributed by atoms with van der Waals surface area (Å²) in [5, 5.41) is 4.48. The molecule has 1 aliphatic carbocycles. The summed E-state index contributed by atoms with van der Waals surface area (Å²) in [6, 6.07) is 16.2. The summed E-state index contributed by atoms with van der Waals surface area (Å²) in [5.41, 5.74) is 5.00. The van der Waals surface area contributed by atoms with Crippen LogP contribution in [0.15, 0.2) is 54.7 Å². The number of hydrogen-bond donors (Lipinski definition) is 0. The Labute approximate surface area is 147 Å². The van der Waals surface area contributed by atoms with Crippen LogP contribution in [-0.4, -0.2) is 22.7 Å². The smallest absolute Gasteiger partial charge is 0.166 e. The Hall–Kier alpha value is -2.88. The first-order chi connectivity index (χ1) is 12.2. The zero-order valence-electron chi connectivity index (χ0n) is 14.4. The Kier molecular flexibility index (Phi) is 3.88. The average Bonchev–Trinajstić information content (AvgIpc) is 3.07. The Balaban J connectivity index is 1.76. The lowest BCUT2D eigenvalue weighted by molar-refractivity contribution is 0.0963. The van der Waals surface area contributed by atoms with Crippen molar-refractivity contribution >= 4 is 5.78 Å². The van der Waals surface area contributed by atoms with Gasteiger partial charge in [-0.3, -0.25) is 4.79 Å². The van der Waals surface area contributed by atoms with Crippen molar-refractivity contribution in [3.63, 3.8) is 0 Å². The molecule has 4 heteroatoms. The molecule has 4 nitrogen and oxygen atoms in total. The van der Waals surface area contributed by atoms with E-state index in [1.807, 2.05) is 41.1 Å². The summed E-state index contributed by atoms with van der Waals surface area (Å²) < 4.78 is 7.39. The molecule has 3 aromatic rings. The van der Waals surface area contributed by atoms with E-state index < -0.39 is 0 Å². The van der Waals surface area contributed by atoms with Crippen molar-refractivity contribution in [1.29, 1.82) is 0 Å². The first-order valence-electron chi connectivity index (χ1n) is 8.47. The van der Waals surface area contributed by atoms with Gasteiger partial charge in [-0.2, -0.15) is 5.10 Å².